The van der Waals surface area contributed by atoms with Gasteiger partial charge < -0.3 is 10.6 Å². The SMILES string of the molecule is CC(=O)c1ccc(Nc2nc(C)cc(Nc3cc(C)ccc3C)n2)cc1. The Bertz CT molecular complexity index is 949. The van der Waals surface area contributed by atoms with Crippen LogP contribution in [0, 0.1) is 20.8 Å². The van der Waals surface area contributed by atoms with E-state index >= 15 is 0 Å². The molecule has 1 aromatic heterocycles. The quantitative estimate of drug-likeness (QED) is 0.630. The molecular weight excluding hydrogens is 324 g/mol. The molecule has 1 heterocycles. The predicted molar refractivity (Wildman–Crippen MR) is 106 cm³/mol. The second kappa shape index (κ2) is 7.35. The van der Waals surface area contributed by atoms with E-state index in [9.17, 15) is 4.79 Å². The summed E-state index contributed by atoms with van der Waals surface area (Å²) in [4.78, 5) is 20.4. The van der Waals surface area contributed by atoms with E-state index in [1.807, 2.05) is 25.1 Å². The largest absolute Gasteiger partial charge is 0.340 e. The fraction of sp³-hybridized carbons (Fsp3) is 0.190. The number of rotatable bonds is 5. The molecule has 0 aliphatic heterocycles. The fourth-order valence-electron chi connectivity index (χ4n) is 2.61. The maximum Gasteiger partial charge on any atom is 0.229 e. The average Bonchev–Trinajstić information content (AvgIpc) is 2.58. The molecule has 0 spiro atoms. The molecule has 2 N–H and O–H groups in total. The van der Waals surface area contributed by atoms with E-state index in [4.69, 9.17) is 0 Å². The van der Waals surface area contributed by atoms with Crippen molar-refractivity contribution in [3.05, 3.63) is 70.9 Å². The molecule has 132 valence electrons. The highest BCUT2D eigenvalue weighted by molar-refractivity contribution is 5.94. The van der Waals surface area contributed by atoms with Gasteiger partial charge in [-0.2, -0.15) is 4.98 Å². The molecule has 0 aliphatic rings. The number of aryl methyl sites for hydroxylation is 3. The minimum absolute atomic E-state index is 0.0448. The highest BCUT2D eigenvalue weighted by Gasteiger charge is 2.06. The van der Waals surface area contributed by atoms with Crippen LogP contribution in [0.15, 0.2) is 48.5 Å². The van der Waals surface area contributed by atoms with Crippen molar-refractivity contribution in [2.45, 2.75) is 27.7 Å². The number of hydrogen-bond acceptors (Lipinski definition) is 5. The van der Waals surface area contributed by atoms with Crippen molar-refractivity contribution in [3.8, 4) is 0 Å². The molecule has 0 fully saturated rings. The van der Waals surface area contributed by atoms with Crippen LogP contribution in [0.5, 0.6) is 0 Å². The molecule has 0 saturated heterocycles. The molecular formula is C21H22N4O. The van der Waals surface area contributed by atoms with E-state index in [0.717, 1.165) is 28.5 Å². The number of nitrogens with zero attached hydrogens (tertiary/aromatic N) is 2. The van der Waals surface area contributed by atoms with Crippen molar-refractivity contribution in [2.75, 3.05) is 10.6 Å². The summed E-state index contributed by atoms with van der Waals surface area (Å²) in [7, 11) is 0. The molecule has 2 aromatic carbocycles. The van der Waals surface area contributed by atoms with Crippen molar-refractivity contribution >= 4 is 28.9 Å². The third-order valence-electron chi connectivity index (χ3n) is 4.06. The van der Waals surface area contributed by atoms with Gasteiger partial charge in [-0.1, -0.05) is 12.1 Å². The Labute approximate surface area is 153 Å². The van der Waals surface area contributed by atoms with Crippen molar-refractivity contribution in [1.29, 1.82) is 0 Å². The number of benzene rings is 2. The number of aromatic nitrogens is 2. The van der Waals surface area contributed by atoms with Crippen LogP contribution in [0.1, 0.15) is 34.1 Å². The first kappa shape index (κ1) is 17.6. The van der Waals surface area contributed by atoms with Gasteiger partial charge in [0.05, 0.1) is 0 Å². The van der Waals surface area contributed by atoms with Crippen LogP contribution < -0.4 is 10.6 Å². The summed E-state index contributed by atoms with van der Waals surface area (Å²) < 4.78 is 0. The van der Waals surface area contributed by atoms with E-state index in [-0.39, 0.29) is 5.78 Å². The van der Waals surface area contributed by atoms with Crippen molar-refractivity contribution in [2.24, 2.45) is 0 Å². The van der Waals surface area contributed by atoms with E-state index in [1.54, 1.807) is 19.1 Å². The zero-order chi connectivity index (χ0) is 18.7. The normalized spacial score (nSPS) is 10.5. The Morgan fingerprint density at radius 2 is 1.62 bits per heavy atom. The monoisotopic (exact) mass is 346 g/mol. The van der Waals surface area contributed by atoms with E-state index in [0.29, 0.717) is 11.5 Å². The number of anilines is 4. The zero-order valence-electron chi connectivity index (χ0n) is 15.4. The van der Waals surface area contributed by atoms with Gasteiger partial charge in [0.25, 0.3) is 0 Å². The maximum atomic E-state index is 11.4. The van der Waals surface area contributed by atoms with Crippen molar-refractivity contribution in [3.63, 3.8) is 0 Å². The molecule has 26 heavy (non-hydrogen) atoms. The summed E-state index contributed by atoms with van der Waals surface area (Å²) in [5, 5.41) is 6.56. The molecule has 0 bridgehead atoms. The lowest BCUT2D eigenvalue weighted by atomic mass is 10.1. The first-order chi connectivity index (χ1) is 12.4. The van der Waals surface area contributed by atoms with Crippen molar-refractivity contribution < 1.29 is 4.79 Å². The lowest BCUT2D eigenvalue weighted by Gasteiger charge is -2.12. The first-order valence-corrected chi connectivity index (χ1v) is 8.49. The second-order valence-corrected chi connectivity index (χ2v) is 6.42. The highest BCUT2D eigenvalue weighted by Crippen LogP contribution is 2.23. The van der Waals surface area contributed by atoms with Gasteiger partial charge >= 0.3 is 0 Å². The van der Waals surface area contributed by atoms with Crippen LogP contribution >= 0.6 is 0 Å². The van der Waals surface area contributed by atoms with Crippen LogP contribution in [0.2, 0.25) is 0 Å². The number of nitrogens with one attached hydrogen (secondary N) is 2. The van der Waals surface area contributed by atoms with Crippen LogP contribution in [0.25, 0.3) is 0 Å². The fourth-order valence-corrected chi connectivity index (χ4v) is 2.61. The predicted octanol–water partition coefficient (Wildman–Crippen LogP) is 5.09. The van der Waals surface area contributed by atoms with Gasteiger partial charge in [-0.05, 0) is 69.2 Å². The summed E-state index contributed by atoms with van der Waals surface area (Å²) in [6.45, 7) is 7.61. The number of carbonyl (C=O) groups is 1. The summed E-state index contributed by atoms with van der Waals surface area (Å²) >= 11 is 0. The zero-order valence-corrected chi connectivity index (χ0v) is 15.4. The standard InChI is InChI=1S/C21H22N4O/c1-13-5-6-14(2)19(11-13)24-20-12-15(3)22-21(25-20)23-18-9-7-17(8-10-18)16(4)26/h5-12H,1-4H3,(H2,22,23,24,25). The molecule has 3 aromatic rings. The van der Waals surface area contributed by atoms with Gasteiger partial charge in [0.15, 0.2) is 5.78 Å². The minimum atomic E-state index is 0.0448. The van der Waals surface area contributed by atoms with Gasteiger partial charge in [-0.25, -0.2) is 4.98 Å². The van der Waals surface area contributed by atoms with Gasteiger partial charge in [0, 0.05) is 28.7 Å². The van der Waals surface area contributed by atoms with Gasteiger partial charge in [0.2, 0.25) is 5.95 Å². The molecule has 5 nitrogen and oxygen atoms in total. The summed E-state index contributed by atoms with van der Waals surface area (Å²) in [6, 6.07) is 15.4. The lowest BCUT2D eigenvalue weighted by Crippen LogP contribution is -2.03. The molecule has 0 unspecified atom stereocenters. The van der Waals surface area contributed by atoms with Gasteiger partial charge in [-0.15, -0.1) is 0 Å². The van der Waals surface area contributed by atoms with Gasteiger partial charge in [0.1, 0.15) is 5.82 Å². The third-order valence-corrected chi connectivity index (χ3v) is 4.06. The Morgan fingerprint density at radius 3 is 2.31 bits per heavy atom. The first-order valence-electron chi connectivity index (χ1n) is 8.49. The molecule has 3 rings (SSSR count). The number of hydrogen-bond donors (Lipinski definition) is 2. The number of ketones is 1. The molecule has 0 amide bonds. The summed E-state index contributed by atoms with van der Waals surface area (Å²) in [5.41, 5.74) is 5.74. The number of Topliss-reactive ketones (excluding diaryl/α,β-unsaturated/α-hetero) is 1. The summed E-state index contributed by atoms with van der Waals surface area (Å²) in [6.07, 6.45) is 0. The van der Waals surface area contributed by atoms with Crippen molar-refractivity contribution in [1.82, 2.24) is 9.97 Å². The molecule has 0 radical (unpaired) electrons. The third kappa shape index (κ3) is 4.25. The Balaban J connectivity index is 1.83. The molecule has 5 heteroatoms. The molecule has 0 atom stereocenters. The smallest absolute Gasteiger partial charge is 0.229 e. The Morgan fingerprint density at radius 1 is 0.885 bits per heavy atom. The van der Waals surface area contributed by atoms with Crippen LogP contribution in [-0.4, -0.2) is 15.8 Å². The van der Waals surface area contributed by atoms with Gasteiger partial charge in [-0.3, -0.25) is 4.79 Å². The second-order valence-electron chi connectivity index (χ2n) is 6.42. The van der Waals surface area contributed by atoms with Crippen LogP contribution in [-0.2, 0) is 0 Å². The van der Waals surface area contributed by atoms with Crippen LogP contribution in [0.3, 0.4) is 0 Å². The average molecular weight is 346 g/mol. The van der Waals surface area contributed by atoms with E-state index in [1.165, 1.54) is 5.56 Å². The summed E-state index contributed by atoms with van der Waals surface area (Å²) in [5.74, 6) is 1.28. The van der Waals surface area contributed by atoms with E-state index in [2.05, 4.69) is 52.6 Å². The molecule has 0 saturated carbocycles. The van der Waals surface area contributed by atoms with E-state index < -0.39 is 0 Å². The lowest BCUT2D eigenvalue weighted by molar-refractivity contribution is 0.101. The topological polar surface area (TPSA) is 66.9 Å². The highest BCUT2D eigenvalue weighted by atomic mass is 16.1. The number of carbonyl (C=O) groups excluding carboxylic acids is 1. The van der Waals surface area contributed by atoms with Crippen LogP contribution in [0.4, 0.5) is 23.1 Å². The maximum absolute atomic E-state index is 11.4. The minimum Gasteiger partial charge on any atom is -0.340 e. The Hall–Kier alpha value is -3.21. The Kier molecular flexibility index (Phi) is 4.98. The molecule has 0 aliphatic carbocycles.